The number of ether oxygens (including phenoxy) is 3. The van der Waals surface area contributed by atoms with E-state index >= 15 is 0 Å². The van der Waals surface area contributed by atoms with Gasteiger partial charge in [-0.05, 0) is 67.1 Å². The highest BCUT2D eigenvalue weighted by Crippen LogP contribution is 2.28. The lowest BCUT2D eigenvalue weighted by Crippen LogP contribution is -2.49. The van der Waals surface area contributed by atoms with Crippen LogP contribution in [0, 0.1) is 0 Å². The molecule has 1 aliphatic rings. The van der Waals surface area contributed by atoms with E-state index in [-0.39, 0.29) is 11.7 Å². The number of halogens is 3. The maximum atomic E-state index is 13.0. The second kappa shape index (κ2) is 15.1. The lowest BCUT2D eigenvalue weighted by molar-refractivity contribution is -0.274. The molecule has 224 valence electrons. The topological polar surface area (TPSA) is 101 Å². The van der Waals surface area contributed by atoms with E-state index in [1.807, 2.05) is 30.3 Å². The normalized spacial score (nSPS) is 14.5. The van der Waals surface area contributed by atoms with E-state index in [0.717, 1.165) is 57.0 Å². The molecule has 0 bridgehead atoms. The van der Waals surface area contributed by atoms with Crippen molar-refractivity contribution in [2.75, 3.05) is 44.7 Å². The number of urea groups is 1. The van der Waals surface area contributed by atoms with Gasteiger partial charge in [-0.15, -0.1) is 13.2 Å². The highest BCUT2D eigenvalue weighted by molar-refractivity contribution is 5.93. The Balaban J connectivity index is 1.28. The molecule has 0 spiro atoms. The number of carbonyl (C=O) groups is 2. The van der Waals surface area contributed by atoms with E-state index in [1.54, 1.807) is 24.3 Å². The van der Waals surface area contributed by atoms with Crippen LogP contribution in [-0.4, -0.2) is 68.6 Å². The van der Waals surface area contributed by atoms with Crippen LogP contribution >= 0.6 is 0 Å². The van der Waals surface area contributed by atoms with Crippen LogP contribution in [0.4, 0.5) is 23.7 Å². The molecule has 1 saturated heterocycles. The Morgan fingerprint density at radius 1 is 0.881 bits per heavy atom. The molecule has 0 saturated carbocycles. The fourth-order valence-electron chi connectivity index (χ4n) is 4.30. The van der Waals surface area contributed by atoms with E-state index in [9.17, 15) is 22.8 Å². The molecule has 0 aromatic heterocycles. The summed E-state index contributed by atoms with van der Waals surface area (Å²) in [6.07, 6.45) is -3.66. The molecule has 0 aliphatic carbocycles. The first-order chi connectivity index (χ1) is 20.2. The Kier molecular flexibility index (Phi) is 11.0. The largest absolute Gasteiger partial charge is 0.573 e. The SMILES string of the molecule is O=C(Nc1ccc(Oc2ccc(OC(F)(F)F)cc2)cc1)N[C@@H](Cc1ccccc1)C(=O)NCCCN1CCOCC1. The monoisotopic (exact) mass is 586 g/mol. The van der Waals surface area contributed by atoms with Gasteiger partial charge in [-0.3, -0.25) is 9.69 Å². The van der Waals surface area contributed by atoms with Gasteiger partial charge in [0.05, 0.1) is 13.2 Å². The summed E-state index contributed by atoms with van der Waals surface area (Å²) in [5, 5.41) is 8.42. The van der Waals surface area contributed by atoms with Gasteiger partial charge >= 0.3 is 12.4 Å². The Morgan fingerprint density at radius 2 is 1.50 bits per heavy atom. The van der Waals surface area contributed by atoms with Crippen LogP contribution in [0.2, 0.25) is 0 Å². The van der Waals surface area contributed by atoms with Gasteiger partial charge in [0.15, 0.2) is 0 Å². The van der Waals surface area contributed by atoms with Gasteiger partial charge in [0.25, 0.3) is 0 Å². The molecule has 3 aromatic rings. The first-order valence-corrected chi connectivity index (χ1v) is 13.6. The van der Waals surface area contributed by atoms with Gasteiger partial charge in [-0.25, -0.2) is 4.79 Å². The van der Waals surface area contributed by atoms with Gasteiger partial charge in [0.2, 0.25) is 5.91 Å². The van der Waals surface area contributed by atoms with Crippen molar-refractivity contribution < 1.29 is 37.0 Å². The van der Waals surface area contributed by atoms with Crippen LogP contribution in [0.3, 0.4) is 0 Å². The number of amides is 3. The van der Waals surface area contributed by atoms with E-state index in [4.69, 9.17) is 9.47 Å². The standard InChI is InChI=1S/C30H33F3N4O5/c31-30(32,33)42-26-13-11-25(12-14-26)41-24-9-7-23(8-10-24)35-29(39)36-27(21-22-5-2-1-3-6-22)28(38)34-15-4-16-37-17-19-40-20-18-37/h1-3,5-14,27H,4,15-21H2,(H,34,38)(H2,35,36,39)/t27-/m0/s1. The number of nitrogens with zero attached hydrogens (tertiary/aromatic N) is 1. The van der Waals surface area contributed by atoms with Crippen molar-refractivity contribution in [3.05, 3.63) is 84.4 Å². The number of carbonyl (C=O) groups excluding carboxylic acids is 2. The molecule has 1 atom stereocenters. The summed E-state index contributed by atoms with van der Waals surface area (Å²) >= 11 is 0. The second-order valence-corrected chi connectivity index (χ2v) is 9.59. The molecule has 1 aliphatic heterocycles. The van der Waals surface area contributed by atoms with Crippen LogP contribution in [0.15, 0.2) is 78.9 Å². The molecule has 3 aromatic carbocycles. The number of benzene rings is 3. The average molecular weight is 587 g/mol. The predicted molar refractivity (Wildman–Crippen MR) is 151 cm³/mol. The summed E-state index contributed by atoms with van der Waals surface area (Å²) in [6.45, 7) is 4.56. The van der Waals surface area contributed by atoms with Gasteiger partial charge in [-0.1, -0.05) is 30.3 Å². The molecule has 12 heteroatoms. The number of hydrogen-bond acceptors (Lipinski definition) is 6. The van der Waals surface area contributed by atoms with Crippen LogP contribution in [0.1, 0.15) is 12.0 Å². The minimum atomic E-state index is -4.77. The number of nitrogens with one attached hydrogen (secondary N) is 3. The molecule has 42 heavy (non-hydrogen) atoms. The minimum absolute atomic E-state index is 0.272. The lowest BCUT2D eigenvalue weighted by atomic mass is 10.1. The second-order valence-electron chi connectivity index (χ2n) is 9.59. The molecule has 3 N–H and O–H groups in total. The highest BCUT2D eigenvalue weighted by atomic mass is 19.4. The van der Waals surface area contributed by atoms with Gasteiger partial charge in [0.1, 0.15) is 23.3 Å². The maximum absolute atomic E-state index is 13.0. The van der Waals surface area contributed by atoms with Crippen molar-refractivity contribution in [1.29, 1.82) is 0 Å². The zero-order chi connectivity index (χ0) is 29.8. The molecule has 0 radical (unpaired) electrons. The summed E-state index contributed by atoms with van der Waals surface area (Å²) in [5.74, 6) is 0.0885. The molecular weight excluding hydrogens is 553 g/mol. The molecule has 3 amide bonds. The third-order valence-corrected chi connectivity index (χ3v) is 6.36. The van der Waals surface area contributed by atoms with E-state index in [1.165, 1.54) is 12.1 Å². The Hall–Kier alpha value is -4.29. The quantitative estimate of drug-likeness (QED) is 0.260. The van der Waals surface area contributed by atoms with E-state index in [0.29, 0.717) is 30.2 Å². The minimum Gasteiger partial charge on any atom is -0.457 e. The van der Waals surface area contributed by atoms with Crippen molar-refractivity contribution in [3.8, 4) is 17.2 Å². The first-order valence-electron chi connectivity index (χ1n) is 13.6. The van der Waals surface area contributed by atoms with Crippen molar-refractivity contribution in [2.24, 2.45) is 0 Å². The third kappa shape index (κ3) is 10.6. The molecule has 9 nitrogen and oxygen atoms in total. The number of rotatable bonds is 12. The van der Waals surface area contributed by atoms with Crippen molar-refractivity contribution in [3.63, 3.8) is 0 Å². The molecular formula is C30H33F3N4O5. The fraction of sp³-hybridized carbons (Fsp3) is 0.333. The number of alkyl halides is 3. The molecule has 4 rings (SSSR count). The molecule has 1 heterocycles. The first kappa shape index (κ1) is 30.7. The van der Waals surface area contributed by atoms with Crippen LogP contribution in [0.25, 0.3) is 0 Å². The maximum Gasteiger partial charge on any atom is 0.573 e. The highest BCUT2D eigenvalue weighted by Gasteiger charge is 2.31. The van der Waals surface area contributed by atoms with Crippen molar-refractivity contribution >= 4 is 17.6 Å². The summed E-state index contributed by atoms with van der Waals surface area (Å²) < 4.78 is 51.9. The number of morpholine rings is 1. The summed E-state index contributed by atoms with van der Waals surface area (Å²) in [4.78, 5) is 28.1. The van der Waals surface area contributed by atoms with Crippen LogP contribution in [-0.2, 0) is 16.0 Å². The third-order valence-electron chi connectivity index (χ3n) is 6.36. The van der Waals surface area contributed by atoms with Gasteiger partial charge in [0, 0.05) is 31.7 Å². The van der Waals surface area contributed by atoms with Crippen molar-refractivity contribution in [1.82, 2.24) is 15.5 Å². The van der Waals surface area contributed by atoms with Crippen LogP contribution < -0.4 is 25.4 Å². The Bertz CT molecular complexity index is 1270. The van der Waals surface area contributed by atoms with Gasteiger partial charge in [-0.2, -0.15) is 0 Å². The average Bonchev–Trinajstić information content (AvgIpc) is 2.97. The van der Waals surface area contributed by atoms with E-state index in [2.05, 4.69) is 25.6 Å². The lowest BCUT2D eigenvalue weighted by Gasteiger charge is -2.26. The summed E-state index contributed by atoms with van der Waals surface area (Å²) in [7, 11) is 0. The Labute approximate surface area is 241 Å². The molecule has 1 fully saturated rings. The predicted octanol–water partition coefficient (Wildman–Crippen LogP) is 4.95. The zero-order valence-electron chi connectivity index (χ0n) is 22.9. The summed E-state index contributed by atoms with van der Waals surface area (Å²) in [6, 6.07) is 19.5. The summed E-state index contributed by atoms with van der Waals surface area (Å²) in [5.41, 5.74) is 1.36. The number of anilines is 1. The molecule has 0 unspecified atom stereocenters. The zero-order valence-corrected chi connectivity index (χ0v) is 22.9. The van der Waals surface area contributed by atoms with E-state index < -0.39 is 18.4 Å². The van der Waals surface area contributed by atoms with Crippen molar-refractivity contribution in [2.45, 2.75) is 25.2 Å². The Morgan fingerprint density at radius 3 is 2.14 bits per heavy atom. The fourth-order valence-corrected chi connectivity index (χ4v) is 4.30. The number of hydrogen-bond donors (Lipinski definition) is 3. The van der Waals surface area contributed by atoms with Crippen LogP contribution in [0.5, 0.6) is 17.2 Å². The van der Waals surface area contributed by atoms with Gasteiger partial charge < -0.3 is 30.2 Å². The smallest absolute Gasteiger partial charge is 0.457 e.